The highest BCUT2D eigenvalue weighted by Crippen LogP contribution is 2.37. The van der Waals surface area contributed by atoms with Gasteiger partial charge in [0.1, 0.15) is 5.84 Å². The average molecular weight is 582 g/mol. The van der Waals surface area contributed by atoms with Gasteiger partial charge >= 0.3 is 0 Å². The average Bonchev–Trinajstić information content (AvgIpc) is 3.41. The van der Waals surface area contributed by atoms with Crippen LogP contribution in [0.15, 0.2) is 23.3 Å². The van der Waals surface area contributed by atoms with Crippen LogP contribution in [0.5, 0.6) is 0 Å². The molecule has 10 nitrogen and oxygen atoms in total. The molecule has 0 radical (unpaired) electrons. The molecule has 0 aromatic heterocycles. The number of aryl methyl sites for hydroxylation is 1. The molecule has 2 N–H and O–H groups in total. The van der Waals surface area contributed by atoms with Crippen molar-refractivity contribution in [1.82, 2.24) is 25.4 Å². The topological polar surface area (TPSA) is 92.7 Å². The Labute approximate surface area is 251 Å². The van der Waals surface area contributed by atoms with Gasteiger partial charge in [-0.1, -0.05) is 25.0 Å². The van der Waals surface area contributed by atoms with Crippen molar-refractivity contribution in [3.63, 3.8) is 0 Å². The van der Waals surface area contributed by atoms with Crippen molar-refractivity contribution in [3.8, 4) is 0 Å². The third-order valence-corrected chi connectivity index (χ3v) is 9.46. The van der Waals surface area contributed by atoms with Crippen LogP contribution in [0.2, 0.25) is 0 Å². The Hall–Kier alpha value is -2.85. The maximum Gasteiger partial charge on any atom is 0.230 e. The zero-order valence-electron chi connectivity index (χ0n) is 26.1. The van der Waals surface area contributed by atoms with E-state index in [0.29, 0.717) is 32.5 Å². The van der Waals surface area contributed by atoms with E-state index in [9.17, 15) is 9.59 Å². The van der Waals surface area contributed by atoms with Gasteiger partial charge in [-0.3, -0.25) is 19.9 Å². The number of benzene rings is 1. The molecule has 4 aliphatic rings. The van der Waals surface area contributed by atoms with E-state index in [-0.39, 0.29) is 36.2 Å². The number of rotatable bonds is 12. The van der Waals surface area contributed by atoms with Crippen LogP contribution in [0.25, 0.3) is 0 Å². The summed E-state index contributed by atoms with van der Waals surface area (Å²) < 4.78 is 5.72. The molecule has 232 valence electrons. The minimum Gasteiger partial charge on any atom is -0.379 e. The molecular formula is C32H51N7O3. The van der Waals surface area contributed by atoms with E-state index in [0.717, 1.165) is 70.7 Å². The van der Waals surface area contributed by atoms with Gasteiger partial charge in [-0.15, -0.1) is 0 Å². The summed E-state index contributed by atoms with van der Waals surface area (Å²) in [5.74, 6) is 1.22. The Morgan fingerprint density at radius 3 is 2.69 bits per heavy atom. The van der Waals surface area contributed by atoms with Crippen LogP contribution in [0.4, 0.5) is 5.69 Å². The van der Waals surface area contributed by atoms with E-state index in [4.69, 9.17) is 4.74 Å². The second-order valence-electron chi connectivity index (χ2n) is 12.6. The predicted molar refractivity (Wildman–Crippen MR) is 166 cm³/mol. The predicted octanol–water partition coefficient (Wildman–Crippen LogP) is 3.04. The van der Waals surface area contributed by atoms with Gasteiger partial charge in [0.25, 0.3) is 0 Å². The summed E-state index contributed by atoms with van der Waals surface area (Å²) in [5.41, 5.74) is 7.29. The second-order valence-corrected chi connectivity index (χ2v) is 12.6. The fourth-order valence-corrected chi connectivity index (χ4v) is 6.98. The third kappa shape index (κ3) is 7.02. The standard InChI is InChI=1S/C32H51N7O3/c1-23(2)42-22-8-16-38-31(41)26-10-5-6-11-28(26)39-29(34-35-32(38)39)13-14-30(40)33-15-17-36-18-20-37(21-19-36)27-12-7-9-24(3)25(27)4/h7,9,12,23,26,28,32,35H,5-6,8,10-11,13-22H2,1-4H3,(H,33,40). The first-order chi connectivity index (χ1) is 20.3. The summed E-state index contributed by atoms with van der Waals surface area (Å²) in [5, 5.41) is 7.79. The first-order valence-corrected chi connectivity index (χ1v) is 16.2. The molecule has 42 heavy (non-hydrogen) atoms. The normalized spacial score (nSPS) is 24.4. The summed E-state index contributed by atoms with van der Waals surface area (Å²) in [6.07, 6.45) is 5.86. The molecule has 2 amide bonds. The summed E-state index contributed by atoms with van der Waals surface area (Å²) >= 11 is 0. The first kappa shape index (κ1) is 30.6. The molecule has 0 spiro atoms. The van der Waals surface area contributed by atoms with E-state index in [1.165, 1.54) is 16.8 Å². The molecule has 1 aromatic rings. The Balaban J connectivity index is 1.06. The molecule has 5 rings (SSSR count). The number of piperazine rings is 1. The lowest BCUT2D eigenvalue weighted by atomic mass is 9.80. The summed E-state index contributed by atoms with van der Waals surface area (Å²) in [4.78, 5) is 35.5. The van der Waals surface area contributed by atoms with Crippen molar-refractivity contribution in [2.45, 2.75) is 91.1 Å². The SMILES string of the molecule is Cc1cccc(N2CCN(CCNC(=O)CCC3=NNC4N(CCCOC(C)C)C(=O)C5CCCCC5N34)CC2)c1C. The number of carbonyl (C=O) groups is 2. The lowest BCUT2D eigenvalue weighted by Gasteiger charge is -2.50. The molecular weight excluding hydrogens is 530 g/mol. The number of hydrogen-bond acceptors (Lipinski definition) is 8. The molecule has 3 unspecified atom stereocenters. The highest BCUT2D eigenvalue weighted by atomic mass is 16.5. The lowest BCUT2D eigenvalue weighted by Crippen LogP contribution is -2.67. The number of nitrogens with zero attached hydrogens (tertiary/aromatic N) is 5. The maximum absolute atomic E-state index is 13.5. The van der Waals surface area contributed by atoms with Crippen molar-refractivity contribution in [2.24, 2.45) is 11.0 Å². The zero-order valence-corrected chi connectivity index (χ0v) is 26.1. The van der Waals surface area contributed by atoms with Gasteiger partial charge in [-0.05, 0) is 64.2 Å². The summed E-state index contributed by atoms with van der Waals surface area (Å²) in [6.45, 7) is 15.3. The van der Waals surface area contributed by atoms with Crippen LogP contribution in [0, 0.1) is 19.8 Å². The van der Waals surface area contributed by atoms with E-state index in [1.807, 2.05) is 18.7 Å². The highest BCUT2D eigenvalue weighted by molar-refractivity contribution is 5.91. The van der Waals surface area contributed by atoms with Crippen molar-refractivity contribution in [1.29, 1.82) is 0 Å². The fraction of sp³-hybridized carbons (Fsp3) is 0.719. The van der Waals surface area contributed by atoms with Crippen molar-refractivity contribution in [2.75, 3.05) is 57.3 Å². The highest BCUT2D eigenvalue weighted by Gasteiger charge is 2.50. The number of amidine groups is 1. The van der Waals surface area contributed by atoms with Gasteiger partial charge in [0.15, 0.2) is 6.29 Å². The minimum absolute atomic E-state index is 0.00948. The van der Waals surface area contributed by atoms with Crippen molar-refractivity contribution >= 4 is 23.3 Å². The van der Waals surface area contributed by atoms with Crippen LogP contribution in [0.3, 0.4) is 0 Å². The van der Waals surface area contributed by atoms with Gasteiger partial charge in [0.2, 0.25) is 11.8 Å². The number of nitrogens with one attached hydrogen (secondary N) is 2. The Bertz CT molecular complexity index is 1120. The Kier molecular flexibility index (Phi) is 10.3. The van der Waals surface area contributed by atoms with Crippen LogP contribution >= 0.6 is 0 Å². The Morgan fingerprint density at radius 2 is 1.90 bits per heavy atom. The fourth-order valence-electron chi connectivity index (χ4n) is 6.98. The monoisotopic (exact) mass is 581 g/mol. The molecule has 3 heterocycles. The number of ether oxygens (including phenoxy) is 1. The van der Waals surface area contributed by atoms with Crippen LogP contribution < -0.4 is 15.6 Å². The van der Waals surface area contributed by atoms with Gasteiger partial charge in [-0.25, -0.2) is 0 Å². The number of carbonyl (C=O) groups excluding carboxylic acids is 2. The molecule has 1 aromatic carbocycles. The largest absolute Gasteiger partial charge is 0.379 e. The van der Waals surface area contributed by atoms with Gasteiger partial charge < -0.3 is 24.8 Å². The first-order valence-electron chi connectivity index (χ1n) is 16.2. The van der Waals surface area contributed by atoms with Crippen molar-refractivity contribution < 1.29 is 14.3 Å². The van der Waals surface area contributed by atoms with Crippen LogP contribution in [-0.2, 0) is 14.3 Å². The number of hydrogen-bond donors (Lipinski definition) is 2. The lowest BCUT2D eigenvalue weighted by molar-refractivity contribution is -0.155. The molecule has 3 aliphatic heterocycles. The molecule has 0 bridgehead atoms. The summed E-state index contributed by atoms with van der Waals surface area (Å²) in [7, 11) is 0. The third-order valence-electron chi connectivity index (χ3n) is 9.46. The molecule has 3 atom stereocenters. The smallest absolute Gasteiger partial charge is 0.230 e. The van der Waals surface area contributed by atoms with Gasteiger partial charge in [0.05, 0.1) is 12.0 Å². The van der Waals surface area contributed by atoms with Crippen LogP contribution in [-0.4, -0.2) is 103 Å². The molecule has 10 heteroatoms. The molecule has 1 saturated carbocycles. The number of hydrazone groups is 1. The van der Waals surface area contributed by atoms with Crippen molar-refractivity contribution in [3.05, 3.63) is 29.3 Å². The minimum atomic E-state index is -0.254. The molecule has 2 saturated heterocycles. The molecule has 1 aliphatic carbocycles. The maximum atomic E-state index is 13.5. The number of amides is 2. The number of anilines is 1. The van der Waals surface area contributed by atoms with Gasteiger partial charge in [-0.2, -0.15) is 5.10 Å². The summed E-state index contributed by atoms with van der Waals surface area (Å²) in [6, 6.07) is 6.71. The van der Waals surface area contributed by atoms with E-state index < -0.39 is 0 Å². The van der Waals surface area contributed by atoms with Gasteiger partial charge in [0, 0.05) is 77.0 Å². The number of fused-ring (bicyclic) bond motifs is 3. The second kappa shape index (κ2) is 14.1. The van der Waals surface area contributed by atoms with Crippen LogP contribution in [0.1, 0.15) is 69.9 Å². The van der Waals surface area contributed by atoms with E-state index in [1.54, 1.807) is 0 Å². The Morgan fingerprint density at radius 1 is 1.12 bits per heavy atom. The molecule has 3 fully saturated rings. The zero-order chi connectivity index (χ0) is 29.6. The van der Waals surface area contributed by atoms with E-state index in [2.05, 4.69) is 62.6 Å². The van der Waals surface area contributed by atoms with E-state index >= 15 is 0 Å². The quantitative estimate of drug-likeness (QED) is 0.367.